The molecule has 0 aliphatic carbocycles. The number of aromatic nitrogens is 2. The Morgan fingerprint density at radius 2 is 1.68 bits per heavy atom. The summed E-state index contributed by atoms with van der Waals surface area (Å²) in [6.45, 7) is -0.0915. The maximum atomic E-state index is 13.6. The van der Waals surface area contributed by atoms with Crippen LogP contribution in [0.4, 0.5) is 10.1 Å². The molecule has 0 spiro atoms. The molecule has 0 aliphatic rings. The summed E-state index contributed by atoms with van der Waals surface area (Å²) < 4.78 is 15.1. The van der Waals surface area contributed by atoms with Crippen LogP contribution in [0, 0.1) is 5.82 Å². The summed E-state index contributed by atoms with van der Waals surface area (Å²) in [5, 5.41) is 2.80. The third-order valence-corrected chi connectivity index (χ3v) is 4.30. The normalized spacial score (nSPS) is 10.8. The van der Waals surface area contributed by atoms with E-state index in [0.717, 1.165) is 6.07 Å². The van der Waals surface area contributed by atoms with Gasteiger partial charge >= 0.3 is 0 Å². The van der Waals surface area contributed by atoms with Crippen molar-refractivity contribution in [1.82, 2.24) is 9.55 Å². The first-order chi connectivity index (χ1) is 13.6. The molecule has 4 rings (SSSR count). The molecule has 5 nitrogen and oxygen atoms in total. The largest absolute Gasteiger partial charge is 0.325 e. The second-order valence-corrected chi connectivity index (χ2v) is 6.26. The van der Waals surface area contributed by atoms with Gasteiger partial charge in [-0.05, 0) is 36.4 Å². The number of nitrogens with one attached hydrogen (secondary N) is 1. The first-order valence-corrected chi connectivity index (χ1v) is 8.72. The molecule has 3 aromatic carbocycles. The topological polar surface area (TPSA) is 64.0 Å². The number of rotatable bonds is 5. The fraction of sp³-hybridized carbons (Fsp3) is 0.0455. The monoisotopic (exact) mass is 373 g/mol. The van der Waals surface area contributed by atoms with Crippen molar-refractivity contribution in [3.8, 4) is 0 Å². The van der Waals surface area contributed by atoms with Crippen LogP contribution < -0.4 is 5.32 Å². The highest BCUT2D eigenvalue weighted by molar-refractivity contribution is 6.08. The molecule has 1 heterocycles. The standard InChI is InChI=1S/C22H16FN3O2/c23-16-8-6-7-15(13-16)21(28)22-25-18-11-4-5-12-19(18)26(22)14-20(27)24-17-9-2-1-3-10-17/h1-13H,14H2,(H,24,27). The van der Waals surface area contributed by atoms with E-state index in [1.807, 2.05) is 24.3 Å². The van der Waals surface area contributed by atoms with Gasteiger partial charge in [0.15, 0.2) is 5.82 Å². The van der Waals surface area contributed by atoms with Crippen LogP contribution in [0.3, 0.4) is 0 Å². The summed E-state index contributed by atoms with van der Waals surface area (Å²) >= 11 is 0. The third-order valence-electron chi connectivity index (χ3n) is 4.30. The number of benzene rings is 3. The number of carbonyl (C=O) groups is 2. The first kappa shape index (κ1) is 17.6. The number of fused-ring (bicyclic) bond motifs is 1. The van der Waals surface area contributed by atoms with Crippen molar-refractivity contribution in [3.05, 3.63) is 96.1 Å². The van der Waals surface area contributed by atoms with Gasteiger partial charge in [0.1, 0.15) is 12.4 Å². The van der Waals surface area contributed by atoms with Gasteiger partial charge in [-0.15, -0.1) is 0 Å². The number of halogens is 1. The van der Waals surface area contributed by atoms with E-state index >= 15 is 0 Å². The number of ketones is 1. The molecule has 0 atom stereocenters. The lowest BCUT2D eigenvalue weighted by molar-refractivity contribution is -0.116. The second-order valence-electron chi connectivity index (χ2n) is 6.26. The molecule has 6 heteroatoms. The summed E-state index contributed by atoms with van der Waals surface area (Å²) in [5.74, 6) is -1.14. The molecule has 0 radical (unpaired) electrons. The van der Waals surface area contributed by atoms with Crippen molar-refractivity contribution in [2.75, 3.05) is 5.32 Å². The van der Waals surface area contributed by atoms with Gasteiger partial charge in [0.05, 0.1) is 11.0 Å². The minimum atomic E-state index is -0.504. The molecule has 1 amide bonds. The Hall–Kier alpha value is -3.80. The molecule has 4 aromatic rings. The zero-order chi connectivity index (χ0) is 19.5. The van der Waals surface area contributed by atoms with Crippen LogP contribution in [0.25, 0.3) is 11.0 Å². The quantitative estimate of drug-likeness (QED) is 0.537. The Bertz CT molecular complexity index is 1170. The Balaban J connectivity index is 1.71. The highest BCUT2D eigenvalue weighted by Gasteiger charge is 2.21. The number of imidazole rings is 1. The van der Waals surface area contributed by atoms with Gasteiger partial charge in [-0.3, -0.25) is 9.59 Å². The molecule has 0 aliphatic heterocycles. The highest BCUT2D eigenvalue weighted by Crippen LogP contribution is 2.19. The average Bonchev–Trinajstić information content (AvgIpc) is 3.06. The van der Waals surface area contributed by atoms with E-state index < -0.39 is 11.6 Å². The molecule has 1 aromatic heterocycles. The van der Waals surface area contributed by atoms with E-state index in [9.17, 15) is 14.0 Å². The van der Waals surface area contributed by atoms with E-state index in [4.69, 9.17) is 0 Å². The van der Waals surface area contributed by atoms with Crippen LogP contribution in [0.5, 0.6) is 0 Å². The minimum Gasteiger partial charge on any atom is -0.325 e. The lowest BCUT2D eigenvalue weighted by Crippen LogP contribution is -2.22. The number of amides is 1. The van der Waals surface area contributed by atoms with E-state index in [0.29, 0.717) is 16.7 Å². The maximum absolute atomic E-state index is 13.6. The lowest BCUT2D eigenvalue weighted by atomic mass is 10.1. The summed E-state index contributed by atoms with van der Waals surface area (Å²) in [6, 6.07) is 21.7. The predicted octanol–water partition coefficient (Wildman–Crippen LogP) is 4.05. The summed E-state index contributed by atoms with van der Waals surface area (Å²) in [5.41, 5.74) is 2.09. The lowest BCUT2D eigenvalue weighted by Gasteiger charge is -2.10. The van der Waals surface area contributed by atoms with Crippen molar-refractivity contribution in [1.29, 1.82) is 0 Å². The number of para-hydroxylation sites is 3. The van der Waals surface area contributed by atoms with Crippen molar-refractivity contribution < 1.29 is 14.0 Å². The predicted molar refractivity (Wildman–Crippen MR) is 105 cm³/mol. The molecular weight excluding hydrogens is 357 g/mol. The Morgan fingerprint density at radius 3 is 2.46 bits per heavy atom. The van der Waals surface area contributed by atoms with Crippen LogP contribution in [0.1, 0.15) is 16.2 Å². The van der Waals surface area contributed by atoms with Crippen LogP contribution in [0.15, 0.2) is 78.9 Å². The van der Waals surface area contributed by atoms with Crippen molar-refractivity contribution in [3.63, 3.8) is 0 Å². The molecule has 0 unspecified atom stereocenters. The average molecular weight is 373 g/mol. The molecule has 28 heavy (non-hydrogen) atoms. The third kappa shape index (κ3) is 3.53. The van der Waals surface area contributed by atoms with Gasteiger partial charge in [0.25, 0.3) is 0 Å². The molecule has 138 valence electrons. The van der Waals surface area contributed by atoms with E-state index in [1.54, 1.807) is 34.9 Å². The zero-order valence-corrected chi connectivity index (χ0v) is 14.8. The fourth-order valence-corrected chi connectivity index (χ4v) is 3.03. The number of nitrogens with zero attached hydrogens (tertiary/aromatic N) is 2. The minimum absolute atomic E-state index is 0.0915. The van der Waals surface area contributed by atoms with Gasteiger partial charge in [-0.2, -0.15) is 0 Å². The van der Waals surface area contributed by atoms with E-state index in [-0.39, 0.29) is 23.8 Å². The summed E-state index contributed by atoms with van der Waals surface area (Å²) in [6.07, 6.45) is 0. The second kappa shape index (κ2) is 7.44. The summed E-state index contributed by atoms with van der Waals surface area (Å²) in [4.78, 5) is 29.9. The van der Waals surface area contributed by atoms with Crippen LogP contribution >= 0.6 is 0 Å². The number of hydrogen-bond donors (Lipinski definition) is 1. The smallest absolute Gasteiger partial charge is 0.244 e. The van der Waals surface area contributed by atoms with Gasteiger partial charge in [0.2, 0.25) is 11.7 Å². The molecule has 0 saturated heterocycles. The molecule has 0 bridgehead atoms. The number of anilines is 1. The van der Waals surface area contributed by atoms with Gasteiger partial charge in [0, 0.05) is 11.3 Å². The van der Waals surface area contributed by atoms with Crippen molar-refractivity contribution in [2.24, 2.45) is 0 Å². The molecule has 0 saturated carbocycles. The fourth-order valence-electron chi connectivity index (χ4n) is 3.03. The number of carbonyl (C=O) groups excluding carboxylic acids is 2. The zero-order valence-electron chi connectivity index (χ0n) is 14.8. The molecule has 0 fully saturated rings. The first-order valence-electron chi connectivity index (χ1n) is 8.72. The van der Waals surface area contributed by atoms with Gasteiger partial charge in [-0.1, -0.05) is 42.5 Å². The number of hydrogen-bond acceptors (Lipinski definition) is 3. The highest BCUT2D eigenvalue weighted by atomic mass is 19.1. The van der Waals surface area contributed by atoms with Crippen molar-refractivity contribution >= 4 is 28.4 Å². The van der Waals surface area contributed by atoms with E-state index in [1.165, 1.54) is 18.2 Å². The Kier molecular flexibility index (Phi) is 4.68. The van der Waals surface area contributed by atoms with Crippen LogP contribution in [-0.4, -0.2) is 21.2 Å². The van der Waals surface area contributed by atoms with Crippen LogP contribution in [0.2, 0.25) is 0 Å². The Morgan fingerprint density at radius 1 is 0.929 bits per heavy atom. The van der Waals surface area contributed by atoms with Crippen LogP contribution in [-0.2, 0) is 11.3 Å². The van der Waals surface area contributed by atoms with Gasteiger partial charge in [-0.25, -0.2) is 9.37 Å². The maximum Gasteiger partial charge on any atom is 0.244 e. The van der Waals surface area contributed by atoms with E-state index in [2.05, 4.69) is 10.3 Å². The van der Waals surface area contributed by atoms with Crippen molar-refractivity contribution in [2.45, 2.75) is 6.54 Å². The molecular formula is C22H16FN3O2. The Labute approximate surface area is 160 Å². The summed E-state index contributed by atoms with van der Waals surface area (Å²) in [7, 11) is 0. The SMILES string of the molecule is O=C(Cn1c(C(=O)c2cccc(F)c2)nc2ccccc21)Nc1ccccc1. The van der Waals surface area contributed by atoms with Gasteiger partial charge < -0.3 is 9.88 Å². The molecule has 1 N–H and O–H groups in total.